The molecule has 162 valence electrons. The first-order valence-electron chi connectivity index (χ1n) is 10.6. The molecule has 1 amide bonds. The van der Waals surface area contributed by atoms with Crippen LogP contribution in [0.25, 0.3) is 27.8 Å². The molecule has 0 saturated carbocycles. The van der Waals surface area contributed by atoms with E-state index in [1.165, 1.54) is 0 Å². The van der Waals surface area contributed by atoms with Gasteiger partial charge in [-0.05, 0) is 60.5 Å². The molecular formula is C27H21ClN4O. The Hall–Kier alpha value is -3.96. The quantitative estimate of drug-likeness (QED) is 0.333. The fourth-order valence-corrected chi connectivity index (χ4v) is 3.98. The van der Waals surface area contributed by atoms with Crippen LogP contribution in [-0.4, -0.2) is 20.7 Å². The van der Waals surface area contributed by atoms with Gasteiger partial charge in [0.15, 0.2) is 5.82 Å². The van der Waals surface area contributed by atoms with Crippen molar-refractivity contribution in [1.29, 1.82) is 0 Å². The van der Waals surface area contributed by atoms with Crippen molar-refractivity contribution in [2.75, 3.05) is 5.32 Å². The molecule has 4 aromatic carbocycles. The minimum absolute atomic E-state index is 0.0824. The molecule has 0 unspecified atom stereocenters. The van der Waals surface area contributed by atoms with E-state index in [0.717, 1.165) is 33.2 Å². The Morgan fingerprint density at radius 3 is 2.52 bits per heavy atom. The van der Waals surface area contributed by atoms with Crippen molar-refractivity contribution in [2.24, 2.45) is 0 Å². The van der Waals surface area contributed by atoms with Crippen molar-refractivity contribution in [3.05, 3.63) is 107 Å². The molecule has 0 aliphatic carbocycles. The van der Waals surface area contributed by atoms with E-state index < -0.39 is 0 Å². The molecule has 1 heterocycles. The number of fused-ring (bicyclic) bond motifs is 1. The summed E-state index contributed by atoms with van der Waals surface area (Å²) < 4.78 is 1.69. The van der Waals surface area contributed by atoms with Crippen molar-refractivity contribution in [1.82, 2.24) is 14.8 Å². The Morgan fingerprint density at radius 2 is 1.70 bits per heavy atom. The van der Waals surface area contributed by atoms with Crippen molar-refractivity contribution < 1.29 is 4.79 Å². The first-order chi connectivity index (χ1) is 16.0. The largest absolute Gasteiger partial charge is 0.319 e. The predicted molar refractivity (Wildman–Crippen MR) is 133 cm³/mol. The van der Waals surface area contributed by atoms with Crippen molar-refractivity contribution in [2.45, 2.75) is 13.8 Å². The summed E-state index contributed by atoms with van der Waals surface area (Å²) >= 11 is 6.27. The number of aryl methyl sites for hydroxylation is 2. The van der Waals surface area contributed by atoms with E-state index in [9.17, 15) is 4.79 Å². The minimum Gasteiger partial charge on any atom is -0.319 e. The lowest BCUT2D eigenvalue weighted by Crippen LogP contribution is -2.14. The molecule has 0 fully saturated rings. The molecule has 5 nitrogen and oxygen atoms in total. The Balaban J connectivity index is 1.57. The average Bonchev–Trinajstić information content (AvgIpc) is 3.26. The van der Waals surface area contributed by atoms with E-state index in [1.54, 1.807) is 4.68 Å². The lowest BCUT2D eigenvalue weighted by atomic mass is 10.1. The zero-order chi connectivity index (χ0) is 22.9. The standard InChI is InChI=1S/C27H21ClN4O/c1-17-6-5-9-21(14-17)26-30-25(31-32(26)24-16-22(28)12-10-18(24)2)27(33)29-23-13-11-19-7-3-4-8-20(19)15-23/h3-16H,1-2H3,(H,29,33). The lowest BCUT2D eigenvalue weighted by Gasteiger charge is -2.10. The fourth-order valence-electron chi connectivity index (χ4n) is 3.81. The van der Waals surface area contributed by atoms with Crippen LogP contribution in [0.4, 0.5) is 5.69 Å². The molecule has 5 rings (SSSR count). The predicted octanol–water partition coefficient (Wildman–Crippen LogP) is 6.61. The summed E-state index contributed by atoms with van der Waals surface area (Å²) in [5.41, 5.74) is 4.39. The van der Waals surface area contributed by atoms with Crippen molar-refractivity contribution in [3.8, 4) is 17.1 Å². The maximum absolute atomic E-state index is 13.1. The molecule has 6 heteroatoms. The van der Waals surface area contributed by atoms with Gasteiger partial charge in [-0.25, -0.2) is 9.67 Å². The third-order valence-corrected chi connectivity index (χ3v) is 5.73. The van der Waals surface area contributed by atoms with E-state index in [-0.39, 0.29) is 11.7 Å². The lowest BCUT2D eigenvalue weighted by molar-refractivity contribution is 0.101. The number of nitrogens with zero attached hydrogens (tertiary/aromatic N) is 3. The average molecular weight is 453 g/mol. The van der Waals surface area contributed by atoms with Crippen molar-refractivity contribution >= 4 is 34.0 Å². The fraction of sp³-hybridized carbons (Fsp3) is 0.0741. The molecule has 5 aromatic rings. The molecule has 1 N–H and O–H groups in total. The van der Waals surface area contributed by atoms with Crippen LogP contribution in [0.2, 0.25) is 5.02 Å². The molecule has 0 radical (unpaired) electrons. The molecule has 1 aromatic heterocycles. The molecule has 0 atom stereocenters. The number of aromatic nitrogens is 3. The van der Waals surface area contributed by atoms with E-state index in [0.29, 0.717) is 16.5 Å². The summed E-state index contributed by atoms with van der Waals surface area (Å²) in [4.78, 5) is 17.7. The van der Waals surface area contributed by atoms with Gasteiger partial charge >= 0.3 is 0 Å². The summed E-state index contributed by atoms with van der Waals surface area (Å²) in [5, 5.41) is 10.2. The summed E-state index contributed by atoms with van der Waals surface area (Å²) in [6, 6.07) is 27.3. The number of amides is 1. The van der Waals surface area contributed by atoms with E-state index in [2.05, 4.69) is 15.4 Å². The van der Waals surface area contributed by atoms with Crippen LogP contribution in [0, 0.1) is 13.8 Å². The van der Waals surface area contributed by atoms with Gasteiger partial charge in [0.2, 0.25) is 5.82 Å². The van der Waals surface area contributed by atoms with Gasteiger partial charge in [0.1, 0.15) is 0 Å². The molecule has 33 heavy (non-hydrogen) atoms. The molecule has 0 aliphatic rings. The third-order valence-electron chi connectivity index (χ3n) is 5.49. The van der Waals surface area contributed by atoms with Crippen LogP contribution in [0.1, 0.15) is 21.7 Å². The molecule has 0 spiro atoms. The topological polar surface area (TPSA) is 59.8 Å². The van der Waals surface area contributed by atoms with Crippen LogP contribution in [0.3, 0.4) is 0 Å². The number of hydrogen-bond donors (Lipinski definition) is 1. The summed E-state index contributed by atoms with van der Waals surface area (Å²) in [7, 11) is 0. The van der Waals surface area contributed by atoms with Crippen LogP contribution in [0.15, 0.2) is 84.9 Å². The second-order valence-corrected chi connectivity index (χ2v) is 8.42. The van der Waals surface area contributed by atoms with Gasteiger partial charge in [-0.2, -0.15) is 0 Å². The number of rotatable bonds is 4. The SMILES string of the molecule is Cc1cccc(-c2nc(C(=O)Nc3ccc4ccccc4c3)nn2-c2cc(Cl)ccc2C)c1. The van der Waals surface area contributed by atoms with Crippen LogP contribution in [0.5, 0.6) is 0 Å². The highest BCUT2D eigenvalue weighted by Crippen LogP contribution is 2.26. The van der Waals surface area contributed by atoms with Gasteiger partial charge in [-0.15, -0.1) is 5.10 Å². The Bertz CT molecular complexity index is 1510. The second kappa shape index (κ2) is 8.52. The van der Waals surface area contributed by atoms with Crippen molar-refractivity contribution in [3.63, 3.8) is 0 Å². The minimum atomic E-state index is -0.377. The van der Waals surface area contributed by atoms with Gasteiger partial charge in [-0.1, -0.05) is 71.8 Å². The number of nitrogens with one attached hydrogen (secondary N) is 1. The maximum atomic E-state index is 13.1. The van der Waals surface area contributed by atoms with Gasteiger partial charge in [-0.3, -0.25) is 4.79 Å². The monoisotopic (exact) mass is 452 g/mol. The number of carbonyl (C=O) groups is 1. The number of hydrogen-bond acceptors (Lipinski definition) is 3. The summed E-state index contributed by atoms with van der Waals surface area (Å²) in [6.45, 7) is 3.99. The van der Waals surface area contributed by atoms with Gasteiger partial charge in [0.05, 0.1) is 5.69 Å². The normalized spacial score (nSPS) is 11.0. The molecule has 0 aliphatic heterocycles. The first kappa shape index (κ1) is 20.9. The second-order valence-electron chi connectivity index (χ2n) is 7.99. The number of carbonyl (C=O) groups excluding carboxylic acids is 1. The number of halogens is 1. The third kappa shape index (κ3) is 4.23. The van der Waals surface area contributed by atoms with Gasteiger partial charge in [0.25, 0.3) is 5.91 Å². The molecule has 0 bridgehead atoms. The van der Waals surface area contributed by atoms with E-state index >= 15 is 0 Å². The van der Waals surface area contributed by atoms with E-state index in [4.69, 9.17) is 11.6 Å². The highest BCUT2D eigenvalue weighted by molar-refractivity contribution is 6.30. The van der Waals surface area contributed by atoms with Gasteiger partial charge in [0, 0.05) is 16.3 Å². The zero-order valence-electron chi connectivity index (χ0n) is 18.2. The van der Waals surface area contributed by atoms with Crippen LogP contribution >= 0.6 is 11.6 Å². The molecule has 0 saturated heterocycles. The zero-order valence-corrected chi connectivity index (χ0v) is 19.0. The van der Waals surface area contributed by atoms with Crippen LogP contribution < -0.4 is 5.32 Å². The Morgan fingerprint density at radius 1 is 0.879 bits per heavy atom. The Kier molecular flexibility index (Phi) is 5.40. The first-order valence-corrected chi connectivity index (χ1v) is 11.0. The summed E-state index contributed by atoms with van der Waals surface area (Å²) in [5.74, 6) is 0.282. The molecular weight excluding hydrogens is 432 g/mol. The smallest absolute Gasteiger partial charge is 0.295 e. The number of benzene rings is 4. The maximum Gasteiger partial charge on any atom is 0.295 e. The van der Waals surface area contributed by atoms with E-state index in [1.807, 2.05) is 98.8 Å². The van der Waals surface area contributed by atoms with Gasteiger partial charge < -0.3 is 5.32 Å². The Labute approximate surface area is 196 Å². The number of anilines is 1. The summed E-state index contributed by atoms with van der Waals surface area (Å²) in [6.07, 6.45) is 0. The van der Waals surface area contributed by atoms with Crippen LogP contribution in [-0.2, 0) is 0 Å². The highest BCUT2D eigenvalue weighted by atomic mass is 35.5. The highest BCUT2D eigenvalue weighted by Gasteiger charge is 2.20.